The van der Waals surface area contributed by atoms with Gasteiger partial charge in [-0.15, -0.1) is 0 Å². The lowest BCUT2D eigenvalue weighted by atomic mass is 10.0. The van der Waals surface area contributed by atoms with Crippen LogP contribution in [0.4, 0.5) is 0 Å². The van der Waals surface area contributed by atoms with Gasteiger partial charge in [0.2, 0.25) is 5.24 Å². The van der Waals surface area contributed by atoms with E-state index in [0.717, 1.165) is 0 Å². The van der Waals surface area contributed by atoms with Crippen molar-refractivity contribution in [2.75, 3.05) is 0 Å². The van der Waals surface area contributed by atoms with E-state index in [9.17, 15) is 9.59 Å². The molecule has 1 unspecified atom stereocenters. The molecule has 0 bridgehead atoms. The summed E-state index contributed by atoms with van der Waals surface area (Å²) in [6.07, 6.45) is 0.165. The molecule has 0 N–H and O–H groups in total. The molecular weight excluding hydrogens is 223 g/mol. The molecule has 1 aromatic rings. The van der Waals surface area contributed by atoms with E-state index in [-0.39, 0.29) is 12.2 Å². The maximum Gasteiger partial charge on any atom is 0.229 e. The van der Waals surface area contributed by atoms with Crippen LogP contribution in [0.15, 0.2) is 18.2 Å². The number of carbonyl (C=O) groups is 2. The van der Waals surface area contributed by atoms with Gasteiger partial charge in [-0.25, -0.2) is 0 Å². The zero-order valence-electron chi connectivity index (χ0n) is 7.09. The Kier molecular flexibility index (Phi) is 2.33. The minimum Gasteiger partial charge on any atom is -0.294 e. The smallest absolute Gasteiger partial charge is 0.229 e. The highest BCUT2D eigenvalue weighted by Crippen LogP contribution is 2.35. The fraction of sp³-hybridized carbons (Fsp3) is 0.200. The van der Waals surface area contributed by atoms with Crippen LogP contribution >= 0.6 is 23.2 Å². The van der Waals surface area contributed by atoms with Crippen molar-refractivity contribution in [2.24, 2.45) is 0 Å². The van der Waals surface area contributed by atoms with Gasteiger partial charge >= 0.3 is 0 Å². The van der Waals surface area contributed by atoms with Gasteiger partial charge in [-0.2, -0.15) is 0 Å². The monoisotopic (exact) mass is 228 g/mol. The second-order valence-corrected chi connectivity index (χ2v) is 4.02. The molecule has 0 radical (unpaired) electrons. The molecule has 0 aromatic heterocycles. The molecule has 2 rings (SSSR count). The molecule has 0 saturated carbocycles. The lowest BCUT2D eigenvalue weighted by Gasteiger charge is -2.03. The van der Waals surface area contributed by atoms with Crippen molar-refractivity contribution in [1.82, 2.24) is 0 Å². The summed E-state index contributed by atoms with van der Waals surface area (Å²) in [6.45, 7) is 0. The lowest BCUT2D eigenvalue weighted by Crippen LogP contribution is -2.02. The highest BCUT2D eigenvalue weighted by Gasteiger charge is 2.33. The Hall–Kier alpha value is -0.860. The van der Waals surface area contributed by atoms with Crippen LogP contribution < -0.4 is 0 Å². The van der Waals surface area contributed by atoms with Gasteiger partial charge in [0.25, 0.3) is 0 Å². The molecule has 14 heavy (non-hydrogen) atoms. The van der Waals surface area contributed by atoms with Crippen LogP contribution in [-0.2, 0) is 4.79 Å². The van der Waals surface area contributed by atoms with Gasteiger partial charge in [0.1, 0.15) is 0 Å². The van der Waals surface area contributed by atoms with E-state index in [1.807, 2.05) is 0 Å². The van der Waals surface area contributed by atoms with Crippen molar-refractivity contribution in [3.05, 3.63) is 34.3 Å². The SMILES string of the molecule is O=C1CC(C(=O)Cl)c2ccc(Cl)cc21. The Morgan fingerprint density at radius 3 is 2.79 bits per heavy atom. The number of carbonyl (C=O) groups excluding carboxylic acids is 2. The van der Waals surface area contributed by atoms with Gasteiger partial charge in [-0.05, 0) is 29.3 Å². The predicted octanol–water partition coefficient (Wildman–Crippen LogP) is 2.78. The van der Waals surface area contributed by atoms with E-state index in [2.05, 4.69) is 0 Å². The quantitative estimate of drug-likeness (QED) is 0.694. The number of hydrogen-bond acceptors (Lipinski definition) is 2. The van der Waals surface area contributed by atoms with Crippen LogP contribution in [0.25, 0.3) is 0 Å². The standard InChI is InChI=1S/C10H6Cl2O2/c11-5-1-2-6-7(3-5)9(13)4-8(6)10(12)14/h1-3,8H,4H2. The van der Waals surface area contributed by atoms with Crippen LogP contribution in [0.2, 0.25) is 5.02 Å². The first-order valence-electron chi connectivity index (χ1n) is 4.11. The van der Waals surface area contributed by atoms with Gasteiger partial charge in [0.05, 0.1) is 5.92 Å². The summed E-state index contributed by atoms with van der Waals surface area (Å²) in [6, 6.07) is 4.93. The van der Waals surface area contributed by atoms with E-state index >= 15 is 0 Å². The maximum atomic E-state index is 11.5. The van der Waals surface area contributed by atoms with Gasteiger partial charge in [-0.3, -0.25) is 9.59 Å². The van der Waals surface area contributed by atoms with Gasteiger partial charge in [-0.1, -0.05) is 17.7 Å². The molecule has 1 atom stereocenters. The van der Waals surface area contributed by atoms with Crippen LogP contribution in [-0.4, -0.2) is 11.0 Å². The molecule has 0 fully saturated rings. The van der Waals surface area contributed by atoms with E-state index in [1.165, 1.54) is 0 Å². The second kappa shape index (κ2) is 3.37. The van der Waals surface area contributed by atoms with E-state index in [0.29, 0.717) is 16.1 Å². The van der Waals surface area contributed by atoms with Gasteiger partial charge in [0, 0.05) is 17.0 Å². The summed E-state index contributed by atoms with van der Waals surface area (Å²) in [5.74, 6) is -0.557. The molecule has 0 aliphatic heterocycles. The molecule has 4 heteroatoms. The summed E-state index contributed by atoms with van der Waals surface area (Å²) in [7, 11) is 0. The molecule has 0 heterocycles. The largest absolute Gasteiger partial charge is 0.294 e. The summed E-state index contributed by atoms with van der Waals surface area (Å²) >= 11 is 11.1. The highest BCUT2D eigenvalue weighted by atomic mass is 35.5. The van der Waals surface area contributed by atoms with Crippen LogP contribution in [0.1, 0.15) is 28.3 Å². The third-order valence-corrected chi connectivity index (χ3v) is 2.85. The highest BCUT2D eigenvalue weighted by molar-refractivity contribution is 6.65. The number of halogens is 2. The molecule has 1 aliphatic carbocycles. The van der Waals surface area contributed by atoms with E-state index in [1.54, 1.807) is 18.2 Å². The molecule has 0 amide bonds. The van der Waals surface area contributed by atoms with Crippen molar-refractivity contribution in [2.45, 2.75) is 12.3 Å². The Labute approximate surface area is 90.8 Å². The first-order chi connectivity index (χ1) is 6.59. The molecule has 1 aromatic carbocycles. The predicted molar refractivity (Wildman–Crippen MR) is 54.0 cm³/mol. The minimum atomic E-state index is -0.489. The van der Waals surface area contributed by atoms with E-state index in [4.69, 9.17) is 23.2 Å². The van der Waals surface area contributed by atoms with Crippen molar-refractivity contribution < 1.29 is 9.59 Å². The fourth-order valence-electron chi connectivity index (χ4n) is 1.68. The van der Waals surface area contributed by atoms with Crippen molar-refractivity contribution in [3.63, 3.8) is 0 Å². The van der Waals surface area contributed by atoms with Crippen LogP contribution in [0.5, 0.6) is 0 Å². The third-order valence-electron chi connectivity index (χ3n) is 2.35. The van der Waals surface area contributed by atoms with Crippen LogP contribution in [0, 0.1) is 0 Å². The number of benzene rings is 1. The number of Topliss-reactive ketones (excluding diaryl/α,β-unsaturated/α-hetero) is 1. The van der Waals surface area contributed by atoms with Crippen molar-refractivity contribution in [1.29, 1.82) is 0 Å². The van der Waals surface area contributed by atoms with Gasteiger partial charge < -0.3 is 0 Å². The first-order valence-corrected chi connectivity index (χ1v) is 4.87. The Morgan fingerprint density at radius 1 is 1.43 bits per heavy atom. The second-order valence-electron chi connectivity index (χ2n) is 3.22. The number of rotatable bonds is 1. The maximum absolute atomic E-state index is 11.5. The summed E-state index contributed by atoms with van der Waals surface area (Å²) in [5.41, 5.74) is 1.22. The van der Waals surface area contributed by atoms with Crippen LogP contribution in [0.3, 0.4) is 0 Å². The average Bonchev–Trinajstić information content (AvgIpc) is 2.44. The lowest BCUT2D eigenvalue weighted by molar-refractivity contribution is -0.112. The van der Waals surface area contributed by atoms with Crippen molar-refractivity contribution in [3.8, 4) is 0 Å². The minimum absolute atomic E-state index is 0.0681. The average molecular weight is 229 g/mol. The zero-order chi connectivity index (χ0) is 10.3. The Morgan fingerprint density at radius 2 is 2.14 bits per heavy atom. The number of fused-ring (bicyclic) bond motifs is 1. The zero-order valence-corrected chi connectivity index (χ0v) is 8.60. The summed E-state index contributed by atoms with van der Waals surface area (Å²) < 4.78 is 0. The first kappa shape index (κ1) is 9.69. The molecular formula is C10H6Cl2O2. The van der Waals surface area contributed by atoms with E-state index < -0.39 is 11.2 Å². The molecule has 0 spiro atoms. The fourth-order valence-corrected chi connectivity index (χ4v) is 2.05. The van der Waals surface area contributed by atoms with Gasteiger partial charge in [0.15, 0.2) is 5.78 Å². The molecule has 72 valence electrons. The number of hydrogen-bond donors (Lipinski definition) is 0. The topological polar surface area (TPSA) is 34.1 Å². The Balaban J connectivity index is 2.55. The molecule has 2 nitrogen and oxygen atoms in total. The number of ketones is 1. The molecule has 0 saturated heterocycles. The van der Waals surface area contributed by atoms with Crippen molar-refractivity contribution >= 4 is 34.2 Å². The third kappa shape index (κ3) is 1.45. The molecule has 1 aliphatic rings. The normalized spacial score (nSPS) is 19.6. The summed E-state index contributed by atoms with van der Waals surface area (Å²) in [5, 5.41) is 0.0131. The summed E-state index contributed by atoms with van der Waals surface area (Å²) in [4.78, 5) is 22.5. The Bertz CT molecular complexity index is 426.